The van der Waals surface area contributed by atoms with E-state index < -0.39 is 17.9 Å². The highest BCUT2D eigenvalue weighted by molar-refractivity contribution is 6.42. The van der Waals surface area contributed by atoms with Crippen LogP contribution in [0.2, 0.25) is 10.0 Å². The fourth-order valence-corrected chi connectivity index (χ4v) is 2.28. The van der Waals surface area contributed by atoms with Crippen LogP contribution in [0.1, 0.15) is 29.8 Å². The molecule has 0 saturated heterocycles. The Morgan fingerprint density at radius 3 is 2.32 bits per heavy atom. The molecule has 0 heterocycles. The van der Waals surface area contributed by atoms with Crippen LogP contribution in [0.15, 0.2) is 42.5 Å². The first-order valence-corrected chi connectivity index (χ1v) is 8.47. The highest BCUT2D eigenvalue weighted by Crippen LogP contribution is 2.26. The molecule has 1 atom stereocenters. The summed E-state index contributed by atoms with van der Waals surface area (Å²) in [6.45, 7) is 3.59. The maximum Gasteiger partial charge on any atom is 0.279 e. The van der Waals surface area contributed by atoms with Crippen LogP contribution in [0.5, 0.6) is 5.75 Å². The summed E-state index contributed by atoms with van der Waals surface area (Å²) in [5.41, 5.74) is 6.27. The van der Waals surface area contributed by atoms with Crippen molar-refractivity contribution in [2.75, 3.05) is 0 Å². The number of hydrogen-bond acceptors (Lipinski definition) is 3. The Kier molecular flexibility index (Phi) is 6.67. The predicted octanol–water partition coefficient (Wildman–Crippen LogP) is 3.78. The molecule has 0 aliphatic rings. The molecule has 2 N–H and O–H groups in total. The monoisotopic (exact) mass is 380 g/mol. The van der Waals surface area contributed by atoms with Crippen molar-refractivity contribution < 1.29 is 14.3 Å². The number of nitrogens with one attached hydrogen (secondary N) is 2. The van der Waals surface area contributed by atoms with E-state index in [9.17, 15) is 9.59 Å². The van der Waals surface area contributed by atoms with Crippen LogP contribution in [-0.4, -0.2) is 17.9 Å². The summed E-state index contributed by atoms with van der Waals surface area (Å²) >= 11 is 11.7. The number of benzene rings is 2. The normalized spacial score (nSPS) is 11.5. The first kappa shape index (κ1) is 19.1. The molecule has 0 saturated carbocycles. The Morgan fingerprint density at radius 1 is 1.04 bits per heavy atom. The molecule has 25 heavy (non-hydrogen) atoms. The Morgan fingerprint density at radius 2 is 1.72 bits per heavy atom. The zero-order valence-corrected chi connectivity index (χ0v) is 15.3. The molecule has 2 aromatic carbocycles. The molecule has 0 aliphatic carbocycles. The van der Waals surface area contributed by atoms with Gasteiger partial charge < -0.3 is 4.74 Å². The summed E-state index contributed by atoms with van der Waals surface area (Å²) in [7, 11) is 0. The predicted molar refractivity (Wildman–Crippen MR) is 98.0 cm³/mol. The van der Waals surface area contributed by atoms with Gasteiger partial charge in [-0.2, -0.15) is 0 Å². The smallest absolute Gasteiger partial charge is 0.279 e. The molecule has 2 rings (SSSR count). The first-order chi connectivity index (χ1) is 11.9. The number of rotatable bonds is 5. The minimum Gasteiger partial charge on any atom is -0.481 e. The van der Waals surface area contributed by atoms with Crippen molar-refractivity contribution in [3.63, 3.8) is 0 Å². The minimum absolute atomic E-state index is 0.329. The van der Waals surface area contributed by atoms with Crippen LogP contribution in [0.25, 0.3) is 0 Å². The lowest BCUT2D eigenvalue weighted by atomic mass is 10.1. The molecule has 2 aromatic rings. The number of amides is 2. The third kappa shape index (κ3) is 5.37. The van der Waals surface area contributed by atoms with E-state index in [1.807, 2.05) is 19.1 Å². The quantitative estimate of drug-likeness (QED) is 0.775. The second-order valence-corrected chi connectivity index (χ2v) is 6.14. The first-order valence-electron chi connectivity index (χ1n) is 7.71. The third-order valence-electron chi connectivity index (χ3n) is 3.50. The molecule has 0 aromatic heterocycles. The second kappa shape index (κ2) is 8.74. The van der Waals surface area contributed by atoms with Gasteiger partial charge in [0, 0.05) is 11.6 Å². The maximum atomic E-state index is 12.0. The Labute approximate surface area is 156 Å². The molecular formula is C18H18Cl2N2O3. The van der Waals surface area contributed by atoms with Gasteiger partial charge in [-0.3, -0.25) is 20.4 Å². The highest BCUT2D eigenvalue weighted by Gasteiger charge is 2.16. The van der Waals surface area contributed by atoms with E-state index in [2.05, 4.69) is 10.9 Å². The van der Waals surface area contributed by atoms with Gasteiger partial charge in [0.2, 0.25) is 0 Å². The standard InChI is InChI=1S/C18H18Cl2N2O3/c1-3-12-4-6-13(7-5-12)18(24)22-21-17(23)11(2)25-14-8-9-15(19)16(20)10-14/h4-11H,3H2,1-2H3,(H,21,23)(H,22,24). The topological polar surface area (TPSA) is 67.4 Å². The molecule has 7 heteroatoms. The molecular weight excluding hydrogens is 363 g/mol. The highest BCUT2D eigenvalue weighted by atomic mass is 35.5. The van der Waals surface area contributed by atoms with Gasteiger partial charge in [-0.1, -0.05) is 42.3 Å². The lowest BCUT2D eigenvalue weighted by Crippen LogP contribution is -2.47. The van der Waals surface area contributed by atoms with Gasteiger partial charge in [-0.15, -0.1) is 0 Å². The zero-order valence-electron chi connectivity index (χ0n) is 13.8. The molecule has 0 radical (unpaired) electrons. The van der Waals surface area contributed by atoms with E-state index in [0.29, 0.717) is 21.4 Å². The van der Waals surface area contributed by atoms with Gasteiger partial charge in [0.15, 0.2) is 6.10 Å². The lowest BCUT2D eigenvalue weighted by Gasteiger charge is -2.15. The summed E-state index contributed by atoms with van der Waals surface area (Å²) in [6, 6.07) is 11.8. The fraction of sp³-hybridized carbons (Fsp3) is 0.222. The Balaban J connectivity index is 1.87. The number of aryl methyl sites for hydroxylation is 1. The van der Waals surface area contributed by atoms with E-state index in [0.717, 1.165) is 12.0 Å². The molecule has 2 amide bonds. The lowest BCUT2D eigenvalue weighted by molar-refractivity contribution is -0.128. The Bertz CT molecular complexity index is 763. The van der Waals surface area contributed by atoms with Crippen LogP contribution < -0.4 is 15.6 Å². The Hall–Kier alpha value is -2.24. The number of ether oxygens (including phenoxy) is 1. The van der Waals surface area contributed by atoms with Crippen LogP contribution in [-0.2, 0) is 11.2 Å². The SMILES string of the molecule is CCc1ccc(C(=O)NNC(=O)C(C)Oc2ccc(Cl)c(Cl)c2)cc1. The third-order valence-corrected chi connectivity index (χ3v) is 4.24. The second-order valence-electron chi connectivity index (χ2n) is 5.33. The number of halogens is 2. The molecule has 0 fully saturated rings. The summed E-state index contributed by atoms with van der Waals surface area (Å²) in [5.74, 6) is -0.499. The largest absolute Gasteiger partial charge is 0.481 e. The van der Waals surface area contributed by atoms with Crippen molar-refractivity contribution in [3.05, 3.63) is 63.6 Å². The average molecular weight is 381 g/mol. The van der Waals surface area contributed by atoms with Gasteiger partial charge in [-0.25, -0.2) is 0 Å². The molecule has 0 bridgehead atoms. The fourth-order valence-electron chi connectivity index (χ4n) is 1.99. The molecule has 132 valence electrons. The maximum absolute atomic E-state index is 12.0. The molecule has 0 aliphatic heterocycles. The average Bonchev–Trinajstić information content (AvgIpc) is 2.62. The number of carbonyl (C=O) groups excluding carboxylic acids is 2. The van der Waals surface area contributed by atoms with E-state index in [1.165, 1.54) is 6.07 Å². The summed E-state index contributed by atoms with van der Waals surface area (Å²) in [4.78, 5) is 24.0. The van der Waals surface area contributed by atoms with Gasteiger partial charge in [0.25, 0.3) is 11.8 Å². The van der Waals surface area contributed by atoms with Crippen LogP contribution in [0.4, 0.5) is 0 Å². The van der Waals surface area contributed by atoms with Gasteiger partial charge >= 0.3 is 0 Å². The van der Waals surface area contributed by atoms with Crippen molar-refractivity contribution in [2.45, 2.75) is 26.4 Å². The summed E-state index contributed by atoms with van der Waals surface area (Å²) < 4.78 is 5.47. The van der Waals surface area contributed by atoms with Crippen LogP contribution >= 0.6 is 23.2 Å². The van der Waals surface area contributed by atoms with E-state index in [1.54, 1.807) is 31.2 Å². The van der Waals surface area contributed by atoms with Gasteiger partial charge in [0.05, 0.1) is 10.0 Å². The van der Waals surface area contributed by atoms with Crippen molar-refractivity contribution in [1.82, 2.24) is 10.9 Å². The summed E-state index contributed by atoms with van der Waals surface area (Å²) in [6.07, 6.45) is 0.0578. The van der Waals surface area contributed by atoms with Gasteiger partial charge in [0.1, 0.15) is 5.75 Å². The summed E-state index contributed by atoms with van der Waals surface area (Å²) in [5, 5.41) is 0.725. The number of hydrogen-bond donors (Lipinski definition) is 2. The minimum atomic E-state index is -0.833. The van der Waals surface area contributed by atoms with Gasteiger partial charge in [-0.05, 0) is 43.2 Å². The molecule has 0 spiro atoms. The number of hydrazine groups is 1. The van der Waals surface area contributed by atoms with Crippen molar-refractivity contribution in [1.29, 1.82) is 0 Å². The molecule has 5 nitrogen and oxygen atoms in total. The van der Waals surface area contributed by atoms with E-state index in [4.69, 9.17) is 27.9 Å². The van der Waals surface area contributed by atoms with Crippen molar-refractivity contribution in [2.24, 2.45) is 0 Å². The van der Waals surface area contributed by atoms with Crippen LogP contribution in [0.3, 0.4) is 0 Å². The van der Waals surface area contributed by atoms with E-state index in [-0.39, 0.29) is 0 Å². The van der Waals surface area contributed by atoms with Crippen molar-refractivity contribution >= 4 is 35.0 Å². The van der Waals surface area contributed by atoms with E-state index >= 15 is 0 Å². The molecule has 1 unspecified atom stereocenters. The van der Waals surface area contributed by atoms with Crippen molar-refractivity contribution in [3.8, 4) is 5.75 Å². The zero-order chi connectivity index (χ0) is 18.4. The number of carbonyl (C=O) groups is 2. The van der Waals surface area contributed by atoms with Crippen LogP contribution in [0, 0.1) is 0 Å².